The van der Waals surface area contributed by atoms with Gasteiger partial charge in [-0.25, -0.2) is 4.57 Å². The minimum atomic E-state index is -4.40. The molecular formula is C92H167NO8P+. The van der Waals surface area contributed by atoms with Gasteiger partial charge in [0, 0.05) is 12.8 Å². The number of ether oxygens (including phenoxy) is 2. The van der Waals surface area contributed by atoms with Gasteiger partial charge in [-0.3, -0.25) is 18.6 Å². The highest BCUT2D eigenvalue weighted by Crippen LogP contribution is 2.43. The fourth-order valence-corrected chi connectivity index (χ4v) is 13.5. The van der Waals surface area contributed by atoms with Crippen LogP contribution in [0.2, 0.25) is 0 Å². The molecule has 0 spiro atoms. The number of phosphoric acid groups is 1. The standard InChI is InChI=1S/C92H166NO8P/c1-6-8-10-12-14-16-18-20-22-24-26-28-30-32-34-36-38-40-42-44-45-46-47-49-50-52-54-56-58-60-62-64-66-68-70-72-74-76-78-80-82-84-91(94)98-88-90(89-100-102(96,97)99-87-86-93(3,4)5)101-92(95)85-83-81-79-77-75-73-71-69-67-65-63-61-59-57-55-53-51-48-43-41-39-37-35-33-31-29-27-25-23-21-19-17-15-13-11-9-7-2/h8-11,14-17,20-23,26-29,33,35,90H,6-7,12-13,18-19,24-25,30-32,34,36-89H2,1-5H3/p+1/b10-8-,11-9-,16-14-,17-15-,22-20-,23-21-,28-26-,29-27-,35-33-. The van der Waals surface area contributed by atoms with Crippen molar-refractivity contribution >= 4 is 19.8 Å². The quantitative estimate of drug-likeness (QED) is 0.0211. The first-order valence-electron chi connectivity index (χ1n) is 43.6. The molecule has 0 bridgehead atoms. The number of hydrogen-bond acceptors (Lipinski definition) is 7. The largest absolute Gasteiger partial charge is 0.472 e. The summed E-state index contributed by atoms with van der Waals surface area (Å²) >= 11 is 0. The van der Waals surface area contributed by atoms with Crippen LogP contribution in [-0.2, 0) is 32.7 Å². The van der Waals surface area contributed by atoms with Crippen LogP contribution in [0, 0.1) is 0 Å². The first-order chi connectivity index (χ1) is 50.0. The number of allylic oxidation sites excluding steroid dienone is 18. The SMILES string of the molecule is CC/C=C\C/C=C\C/C=C\C/C=C\C/C=C\CCCCCCCCCCCCCCCCCCCCCCCC(=O)OC(COC(=O)CCCCCCCCCCCCCCCCCCCCCCCCCCCCCC/C=C\C/C=C\C/C=C\C/C=C\CC)COP(=O)(O)OCC[N+](C)(C)C. The van der Waals surface area contributed by atoms with Gasteiger partial charge >= 0.3 is 19.8 Å². The van der Waals surface area contributed by atoms with Crippen LogP contribution >= 0.6 is 7.82 Å². The van der Waals surface area contributed by atoms with Crippen LogP contribution < -0.4 is 0 Å². The molecule has 0 aromatic carbocycles. The Balaban J connectivity index is 3.87. The van der Waals surface area contributed by atoms with Crippen molar-refractivity contribution in [1.29, 1.82) is 0 Å². The van der Waals surface area contributed by atoms with Crippen LogP contribution in [0.3, 0.4) is 0 Å². The molecule has 0 saturated heterocycles. The van der Waals surface area contributed by atoms with Crippen molar-refractivity contribution in [2.45, 2.75) is 418 Å². The third kappa shape index (κ3) is 85.6. The minimum absolute atomic E-state index is 0.0325. The molecule has 10 heteroatoms. The molecule has 0 aromatic heterocycles. The Morgan fingerprint density at radius 2 is 0.529 bits per heavy atom. The summed E-state index contributed by atoms with van der Waals surface area (Å²) in [6, 6.07) is 0. The van der Waals surface area contributed by atoms with E-state index in [4.69, 9.17) is 18.5 Å². The third-order valence-electron chi connectivity index (χ3n) is 19.3. The van der Waals surface area contributed by atoms with E-state index in [1.54, 1.807) is 0 Å². The Hall–Kier alpha value is -3.33. The van der Waals surface area contributed by atoms with E-state index in [0.29, 0.717) is 23.9 Å². The molecule has 2 atom stereocenters. The normalized spacial score (nSPS) is 13.5. The number of carbonyl (C=O) groups is 2. The van der Waals surface area contributed by atoms with Crippen molar-refractivity contribution < 1.29 is 42.1 Å². The zero-order chi connectivity index (χ0) is 74.0. The first kappa shape index (κ1) is 98.7. The van der Waals surface area contributed by atoms with Crippen molar-refractivity contribution in [3.05, 3.63) is 109 Å². The number of hydrogen-bond donors (Lipinski definition) is 1. The van der Waals surface area contributed by atoms with Gasteiger partial charge < -0.3 is 18.9 Å². The molecule has 0 fully saturated rings. The van der Waals surface area contributed by atoms with Gasteiger partial charge in [0.15, 0.2) is 6.10 Å². The van der Waals surface area contributed by atoms with Gasteiger partial charge in [0.25, 0.3) is 0 Å². The Bertz CT molecular complexity index is 2100. The van der Waals surface area contributed by atoms with Crippen molar-refractivity contribution in [3.8, 4) is 0 Å². The van der Waals surface area contributed by atoms with Gasteiger partial charge in [0.05, 0.1) is 27.7 Å². The second-order valence-electron chi connectivity index (χ2n) is 30.5. The van der Waals surface area contributed by atoms with Gasteiger partial charge in [-0.1, -0.05) is 412 Å². The number of rotatable bonds is 81. The number of carbonyl (C=O) groups excluding carboxylic acids is 2. The van der Waals surface area contributed by atoms with E-state index in [0.717, 1.165) is 89.9 Å². The lowest BCUT2D eigenvalue weighted by molar-refractivity contribution is -0.870. The Morgan fingerprint density at radius 3 is 0.784 bits per heavy atom. The highest BCUT2D eigenvalue weighted by molar-refractivity contribution is 7.47. The highest BCUT2D eigenvalue weighted by atomic mass is 31.2. The zero-order valence-electron chi connectivity index (χ0n) is 67.8. The van der Waals surface area contributed by atoms with Crippen molar-refractivity contribution in [2.24, 2.45) is 0 Å². The molecule has 0 rings (SSSR count). The molecule has 0 amide bonds. The number of esters is 2. The average molecular weight is 1450 g/mol. The summed E-state index contributed by atoms with van der Waals surface area (Å²) in [6.07, 6.45) is 117. The molecule has 102 heavy (non-hydrogen) atoms. The smallest absolute Gasteiger partial charge is 0.462 e. The monoisotopic (exact) mass is 1450 g/mol. The third-order valence-corrected chi connectivity index (χ3v) is 20.3. The van der Waals surface area contributed by atoms with E-state index < -0.39 is 26.5 Å². The second kappa shape index (κ2) is 81.7. The lowest BCUT2D eigenvalue weighted by atomic mass is 10.0. The summed E-state index contributed by atoms with van der Waals surface area (Å²) in [6.45, 7) is 4.27. The van der Waals surface area contributed by atoms with E-state index in [1.165, 1.54) is 289 Å². The summed E-state index contributed by atoms with van der Waals surface area (Å²) in [5, 5.41) is 0. The topological polar surface area (TPSA) is 108 Å². The molecule has 592 valence electrons. The summed E-state index contributed by atoms with van der Waals surface area (Å²) in [7, 11) is 1.49. The second-order valence-corrected chi connectivity index (χ2v) is 32.0. The van der Waals surface area contributed by atoms with Gasteiger partial charge in [-0.15, -0.1) is 0 Å². The van der Waals surface area contributed by atoms with Crippen LogP contribution in [0.15, 0.2) is 109 Å². The molecule has 0 heterocycles. The Kier molecular flexibility index (Phi) is 79.1. The molecule has 0 aromatic rings. The van der Waals surface area contributed by atoms with Crippen molar-refractivity contribution in [1.82, 2.24) is 0 Å². The maximum absolute atomic E-state index is 12.9. The van der Waals surface area contributed by atoms with Gasteiger partial charge in [-0.05, 0) is 96.3 Å². The zero-order valence-corrected chi connectivity index (χ0v) is 68.7. The van der Waals surface area contributed by atoms with E-state index >= 15 is 0 Å². The maximum Gasteiger partial charge on any atom is 0.472 e. The number of phosphoric ester groups is 1. The predicted octanol–water partition coefficient (Wildman–Crippen LogP) is 29.5. The van der Waals surface area contributed by atoms with E-state index in [2.05, 4.69) is 123 Å². The molecule has 0 aliphatic rings. The number of unbranched alkanes of at least 4 members (excludes halogenated alkanes) is 49. The molecule has 0 aliphatic carbocycles. The summed E-state index contributed by atoms with van der Waals surface area (Å²) < 4.78 is 34.9. The molecule has 2 unspecified atom stereocenters. The highest BCUT2D eigenvalue weighted by Gasteiger charge is 2.27. The van der Waals surface area contributed by atoms with Gasteiger partial charge in [-0.2, -0.15) is 0 Å². The predicted molar refractivity (Wildman–Crippen MR) is 445 cm³/mol. The van der Waals surface area contributed by atoms with Crippen LogP contribution in [0.5, 0.6) is 0 Å². The van der Waals surface area contributed by atoms with E-state index in [1.807, 2.05) is 21.1 Å². The summed E-state index contributed by atoms with van der Waals surface area (Å²) in [4.78, 5) is 36.1. The molecule has 0 saturated carbocycles. The number of nitrogens with zero attached hydrogens (tertiary/aromatic N) is 1. The maximum atomic E-state index is 12.9. The lowest BCUT2D eigenvalue weighted by Gasteiger charge is -2.24. The van der Waals surface area contributed by atoms with E-state index in [9.17, 15) is 19.0 Å². The van der Waals surface area contributed by atoms with Crippen molar-refractivity contribution in [3.63, 3.8) is 0 Å². The van der Waals surface area contributed by atoms with Crippen LogP contribution in [0.25, 0.3) is 0 Å². The van der Waals surface area contributed by atoms with Crippen LogP contribution in [-0.4, -0.2) is 74.9 Å². The van der Waals surface area contributed by atoms with Gasteiger partial charge in [0.1, 0.15) is 19.8 Å². The fraction of sp³-hybridized carbons (Fsp3) is 0.783. The van der Waals surface area contributed by atoms with Crippen LogP contribution in [0.4, 0.5) is 0 Å². The number of quaternary nitrogens is 1. The Labute approximate surface area is 633 Å². The molecule has 0 aliphatic heterocycles. The van der Waals surface area contributed by atoms with Gasteiger partial charge in [0.2, 0.25) is 0 Å². The lowest BCUT2D eigenvalue weighted by Crippen LogP contribution is -2.37. The van der Waals surface area contributed by atoms with E-state index in [-0.39, 0.29) is 25.6 Å². The molecule has 9 nitrogen and oxygen atoms in total. The van der Waals surface area contributed by atoms with Crippen molar-refractivity contribution in [2.75, 3.05) is 47.5 Å². The minimum Gasteiger partial charge on any atom is -0.462 e. The number of likely N-dealkylation sites (N-methyl/N-ethyl adjacent to an activating group) is 1. The fourth-order valence-electron chi connectivity index (χ4n) is 12.7. The van der Waals surface area contributed by atoms with Crippen LogP contribution in [0.1, 0.15) is 412 Å². The molecule has 1 N–H and O–H groups in total. The Morgan fingerprint density at radius 1 is 0.304 bits per heavy atom. The first-order valence-corrected chi connectivity index (χ1v) is 45.1. The molecular weight excluding hydrogens is 1280 g/mol. The summed E-state index contributed by atoms with van der Waals surface area (Å²) in [5.74, 6) is -0.776. The summed E-state index contributed by atoms with van der Waals surface area (Å²) in [5.41, 5.74) is 0. The average Bonchev–Trinajstić information content (AvgIpc) is 0.913. The molecule has 0 radical (unpaired) electrons.